The van der Waals surface area contributed by atoms with E-state index in [1.807, 2.05) is 18.2 Å². The highest BCUT2D eigenvalue weighted by molar-refractivity contribution is 4.88. The molecule has 0 aromatic carbocycles. The number of nitrogens with zero attached hydrogens (tertiary/aromatic N) is 7. The molecule has 152 valence electrons. The third kappa shape index (κ3) is 24.6. The third-order valence-corrected chi connectivity index (χ3v) is 2.00. The maximum Gasteiger partial charge on any atom is 0.115 e. The average molecular weight is 384 g/mol. The van der Waals surface area contributed by atoms with Gasteiger partial charge in [0, 0.05) is 62.0 Å². The second-order valence-corrected chi connectivity index (χ2v) is 3.73. The van der Waals surface area contributed by atoms with Gasteiger partial charge in [0.15, 0.2) is 0 Å². The molecule has 28 heavy (non-hydrogen) atoms. The lowest BCUT2D eigenvalue weighted by Crippen LogP contribution is -1.66. The highest BCUT2D eigenvalue weighted by Gasteiger charge is 1.60. The molecule has 4 rings (SSSR count). The van der Waals surface area contributed by atoms with Crippen molar-refractivity contribution >= 4 is 0 Å². The van der Waals surface area contributed by atoms with Gasteiger partial charge in [0.1, 0.15) is 12.7 Å². The lowest BCUT2D eigenvalue weighted by molar-refractivity contribution is 1.17. The minimum atomic E-state index is 0. The smallest absolute Gasteiger partial charge is 0.115 e. The Morgan fingerprint density at radius 1 is 0.250 bits per heavy atom. The molecular weight excluding hydrogens is 350 g/mol. The lowest BCUT2D eigenvalue weighted by atomic mass is 10.5. The van der Waals surface area contributed by atoms with Crippen LogP contribution in [-0.4, -0.2) is 34.9 Å². The molecule has 0 bridgehead atoms. The second kappa shape index (κ2) is 28.2. The predicted octanol–water partition coefficient (Wildman–Crippen LogP) is 5.06. The van der Waals surface area contributed by atoms with Gasteiger partial charge in [-0.2, -0.15) is 0 Å². The van der Waals surface area contributed by atoms with Crippen LogP contribution in [0.1, 0.15) is 29.7 Å². The summed E-state index contributed by atoms with van der Waals surface area (Å²) in [6, 6.07) is 9.27. The van der Waals surface area contributed by atoms with Gasteiger partial charge in [-0.15, -0.1) is 0 Å². The molecule has 0 radical (unpaired) electrons. The molecule has 0 aliphatic rings. The molecule has 0 unspecified atom stereocenters. The van der Waals surface area contributed by atoms with Crippen molar-refractivity contribution in [1.29, 1.82) is 0 Å². The van der Waals surface area contributed by atoms with Crippen LogP contribution < -0.4 is 0 Å². The van der Waals surface area contributed by atoms with Crippen LogP contribution in [0.5, 0.6) is 0 Å². The van der Waals surface area contributed by atoms with Crippen LogP contribution >= 0.6 is 0 Å². The van der Waals surface area contributed by atoms with Crippen LogP contribution in [0.4, 0.5) is 0 Å². The fraction of sp³-hybridized carbons (Fsp3) is 0.190. The summed E-state index contributed by atoms with van der Waals surface area (Å²) in [6.07, 6.45) is 19.8. The van der Waals surface area contributed by atoms with Crippen LogP contribution in [0.25, 0.3) is 0 Å². The predicted molar refractivity (Wildman–Crippen MR) is 117 cm³/mol. The van der Waals surface area contributed by atoms with E-state index in [4.69, 9.17) is 0 Å². The SMILES string of the molecule is C.C.C.C.c1ccncc1.c1cnccn1.c1cncnc1.c1cncnc1. The van der Waals surface area contributed by atoms with Crippen molar-refractivity contribution < 1.29 is 0 Å². The highest BCUT2D eigenvalue weighted by Crippen LogP contribution is 1.73. The van der Waals surface area contributed by atoms with Crippen molar-refractivity contribution in [3.63, 3.8) is 0 Å². The minimum Gasteiger partial charge on any atom is -0.265 e. The Hall–Kier alpha value is -3.61. The van der Waals surface area contributed by atoms with Crippen LogP contribution in [0.2, 0.25) is 0 Å². The number of hydrogen-bond donors (Lipinski definition) is 0. The van der Waals surface area contributed by atoms with Gasteiger partial charge in [0.05, 0.1) is 0 Å². The molecule has 0 aliphatic heterocycles. The molecule has 0 N–H and O–H groups in total. The molecule has 7 heteroatoms. The van der Waals surface area contributed by atoms with Gasteiger partial charge in [0.25, 0.3) is 0 Å². The summed E-state index contributed by atoms with van der Waals surface area (Å²) in [6.45, 7) is 0. The Kier molecular flexibility index (Phi) is 32.3. The molecule has 0 atom stereocenters. The fourth-order valence-corrected chi connectivity index (χ4v) is 1.07. The zero-order chi connectivity index (χ0) is 17.0. The number of aromatic nitrogens is 7. The van der Waals surface area contributed by atoms with Crippen LogP contribution in [0.15, 0.2) is 105 Å². The van der Waals surface area contributed by atoms with E-state index in [1.165, 1.54) is 12.7 Å². The Morgan fingerprint density at radius 2 is 0.536 bits per heavy atom. The standard InChI is InChI=1S/C5H5N.3C4H4N2.4CH4/c1-2-4-6-5-3-1;1-2-6-4-3-5-1;2*1-2-5-4-6-3-1;;;;/h1-5H;3*1-4H;4*1H4. The molecule has 4 aromatic rings. The summed E-state index contributed by atoms with van der Waals surface area (Å²) in [5.74, 6) is 0. The van der Waals surface area contributed by atoms with E-state index in [2.05, 4.69) is 34.9 Å². The topological polar surface area (TPSA) is 90.2 Å². The summed E-state index contributed by atoms with van der Waals surface area (Å²) < 4.78 is 0. The van der Waals surface area contributed by atoms with Crippen molar-refractivity contribution in [3.05, 3.63) is 105 Å². The Bertz CT molecular complexity index is 437. The second-order valence-electron chi connectivity index (χ2n) is 3.73. The Labute approximate surface area is 170 Å². The lowest BCUT2D eigenvalue weighted by Gasteiger charge is -1.70. The molecule has 0 spiro atoms. The molecule has 7 nitrogen and oxygen atoms in total. The van der Waals surface area contributed by atoms with Gasteiger partial charge in [-0.05, 0) is 24.3 Å². The van der Waals surface area contributed by atoms with Crippen molar-refractivity contribution in [2.75, 3.05) is 0 Å². The van der Waals surface area contributed by atoms with Crippen molar-refractivity contribution in [1.82, 2.24) is 34.9 Å². The van der Waals surface area contributed by atoms with Crippen molar-refractivity contribution in [2.24, 2.45) is 0 Å². The first kappa shape index (κ1) is 32.1. The monoisotopic (exact) mass is 383 g/mol. The molecule has 4 heterocycles. The Balaban J connectivity index is -0.000000131. The average Bonchev–Trinajstić information content (AvgIpc) is 2.75. The van der Waals surface area contributed by atoms with Crippen LogP contribution in [0, 0.1) is 0 Å². The van der Waals surface area contributed by atoms with Gasteiger partial charge < -0.3 is 0 Å². The van der Waals surface area contributed by atoms with Crippen LogP contribution in [0.3, 0.4) is 0 Å². The summed E-state index contributed by atoms with van der Waals surface area (Å²) in [7, 11) is 0. The van der Waals surface area contributed by atoms with Crippen molar-refractivity contribution in [3.8, 4) is 0 Å². The maximum atomic E-state index is 3.78. The van der Waals surface area contributed by atoms with E-state index in [1.54, 1.807) is 74.1 Å². The molecule has 0 amide bonds. The van der Waals surface area contributed by atoms with E-state index in [0.29, 0.717) is 0 Å². The minimum absolute atomic E-state index is 0. The largest absolute Gasteiger partial charge is 0.265 e. The van der Waals surface area contributed by atoms with Gasteiger partial charge in [0.2, 0.25) is 0 Å². The third-order valence-electron chi connectivity index (χ3n) is 2.00. The van der Waals surface area contributed by atoms with Crippen LogP contribution in [-0.2, 0) is 0 Å². The number of pyridine rings is 1. The highest BCUT2D eigenvalue weighted by atomic mass is 14.8. The zero-order valence-electron chi connectivity index (χ0n) is 12.9. The molecule has 0 fully saturated rings. The molecule has 0 saturated heterocycles. The van der Waals surface area contributed by atoms with E-state index in [9.17, 15) is 0 Å². The number of hydrogen-bond acceptors (Lipinski definition) is 7. The first-order chi connectivity index (χ1) is 12.0. The molecular formula is C21H33N7. The van der Waals surface area contributed by atoms with E-state index in [0.717, 1.165) is 0 Å². The molecule has 4 aromatic heterocycles. The summed E-state index contributed by atoms with van der Waals surface area (Å²) in [5, 5.41) is 0. The van der Waals surface area contributed by atoms with E-state index >= 15 is 0 Å². The van der Waals surface area contributed by atoms with E-state index < -0.39 is 0 Å². The van der Waals surface area contributed by atoms with Gasteiger partial charge in [-0.1, -0.05) is 35.8 Å². The maximum absolute atomic E-state index is 3.78. The summed E-state index contributed by atoms with van der Waals surface area (Å²) in [5.41, 5.74) is 0. The first-order valence-corrected chi connectivity index (χ1v) is 6.95. The van der Waals surface area contributed by atoms with Gasteiger partial charge in [-0.25, -0.2) is 19.9 Å². The van der Waals surface area contributed by atoms with Crippen molar-refractivity contribution in [2.45, 2.75) is 29.7 Å². The molecule has 0 saturated carbocycles. The van der Waals surface area contributed by atoms with E-state index in [-0.39, 0.29) is 29.7 Å². The summed E-state index contributed by atoms with van der Waals surface area (Å²) in [4.78, 5) is 25.9. The summed E-state index contributed by atoms with van der Waals surface area (Å²) >= 11 is 0. The van der Waals surface area contributed by atoms with Gasteiger partial charge in [-0.3, -0.25) is 15.0 Å². The first-order valence-electron chi connectivity index (χ1n) is 6.95. The quantitative estimate of drug-likeness (QED) is 0.419. The normalized spacial score (nSPS) is 6.86. The number of rotatable bonds is 0. The van der Waals surface area contributed by atoms with Gasteiger partial charge >= 0.3 is 0 Å². The Morgan fingerprint density at radius 3 is 0.643 bits per heavy atom. The zero-order valence-corrected chi connectivity index (χ0v) is 12.9. The molecule has 0 aliphatic carbocycles. The fourth-order valence-electron chi connectivity index (χ4n) is 1.07.